The Hall–Kier alpha value is -2.37. The number of carbonyl (C=O) groups is 1. The molecule has 5 nitrogen and oxygen atoms in total. The van der Waals surface area contributed by atoms with Crippen LogP contribution < -0.4 is 4.74 Å². The van der Waals surface area contributed by atoms with Crippen LogP contribution in [0.5, 0.6) is 5.75 Å². The molecule has 3 rings (SSSR count). The minimum Gasteiger partial charge on any atom is -0.410 e. The summed E-state index contributed by atoms with van der Waals surface area (Å²) in [5.74, 6) is 0.593. The molecular weight excluding hydrogens is 328 g/mol. The van der Waals surface area contributed by atoms with Crippen LogP contribution in [0.1, 0.15) is 22.7 Å². The van der Waals surface area contributed by atoms with Crippen LogP contribution in [0.4, 0.5) is 4.79 Å². The summed E-state index contributed by atoms with van der Waals surface area (Å²) in [5.41, 5.74) is 3.65. The highest BCUT2D eigenvalue weighted by Gasteiger charge is 2.25. The first-order valence-corrected chi connectivity index (χ1v) is 8.88. The molecule has 0 saturated heterocycles. The van der Waals surface area contributed by atoms with Crippen LogP contribution >= 0.6 is 0 Å². The normalized spacial score (nSPS) is 16.8. The van der Waals surface area contributed by atoms with Gasteiger partial charge < -0.3 is 14.4 Å². The first-order chi connectivity index (χ1) is 12.5. The Balaban J connectivity index is 1.67. The van der Waals surface area contributed by atoms with Gasteiger partial charge in [0.2, 0.25) is 0 Å². The number of benzene rings is 2. The summed E-state index contributed by atoms with van der Waals surface area (Å²) in [6.07, 6.45) is 0.578. The Bertz CT molecular complexity index is 746. The van der Waals surface area contributed by atoms with E-state index < -0.39 is 0 Å². The molecule has 1 heterocycles. The number of ether oxygens (including phenoxy) is 2. The molecule has 2 aromatic rings. The van der Waals surface area contributed by atoms with E-state index in [1.165, 1.54) is 21.6 Å². The lowest BCUT2D eigenvalue weighted by Crippen LogP contribution is -2.35. The third kappa shape index (κ3) is 4.42. The number of likely N-dealkylation sites (N-methyl/N-ethyl adjacent to an activating group) is 1. The Morgan fingerprint density at radius 3 is 2.69 bits per heavy atom. The fraction of sp³-hybridized carbons (Fsp3) is 0.381. The van der Waals surface area contributed by atoms with E-state index in [-0.39, 0.29) is 12.1 Å². The average Bonchev–Trinajstić information content (AvgIpc) is 2.64. The molecule has 0 fully saturated rings. The zero-order chi connectivity index (χ0) is 18.5. The Morgan fingerprint density at radius 2 is 1.96 bits per heavy atom. The maximum Gasteiger partial charge on any atom is 0.414 e. The molecule has 1 aliphatic rings. The van der Waals surface area contributed by atoms with Crippen LogP contribution in [0, 0.1) is 0 Å². The van der Waals surface area contributed by atoms with Gasteiger partial charge in [-0.1, -0.05) is 36.4 Å². The second-order valence-corrected chi connectivity index (χ2v) is 6.87. The molecule has 0 N–H and O–H groups in total. The number of fused-ring (bicyclic) bond motifs is 1. The molecule has 1 aliphatic heterocycles. The Morgan fingerprint density at radius 1 is 1.19 bits per heavy atom. The van der Waals surface area contributed by atoms with Gasteiger partial charge in [0.15, 0.2) is 0 Å². The molecular formula is C21H26N2O3. The van der Waals surface area contributed by atoms with Gasteiger partial charge in [0, 0.05) is 20.6 Å². The van der Waals surface area contributed by atoms with Gasteiger partial charge in [0.25, 0.3) is 0 Å². The fourth-order valence-electron chi connectivity index (χ4n) is 3.15. The largest absolute Gasteiger partial charge is 0.414 e. The van der Waals surface area contributed by atoms with E-state index in [1.807, 2.05) is 30.3 Å². The van der Waals surface area contributed by atoms with Crippen LogP contribution in [0.3, 0.4) is 0 Å². The van der Waals surface area contributed by atoms with E-state index in [9.17, 15) is 4.79 Å². The fourth-order valence-corrected chi connectivity index (χ4v) is 3.15. The smallest absolute Gasteiger partial charge is 0.410 e. The van der Waals surface area contributed by atoms with Crippen molar-refractivity contribution in [3.8, 4) is 5.75 Å². The zero-order valence-electron chi connectivity index (χ0n) is 15.6. The second kappa shape index (κ2) is 8.34. The van der Waals surface area contributed by atoms with E-state index in [0.717, 1.165) is 13.0 Å². The highest BCUT2D eigenvalue weighted by atomic mass is 16.6. The maximum atomic E-state index is 11.7. The third-order valence-electron chi connectivity index (χ3n) is 4.70. The predicted molar refractivity (Wildman–Crippen MR) is 101 cm³/mol. The monoisotopic (exact) mass is 354 g/mol. The molecule has 2 aromatic carbocycles. The molecule has 0 spiro atoms. The van der Waals surface area contributed by atoms with Crippen LogP contribution in [0.2, 0.25) is 0 Å². The predicted octanol–water partition coefficient (Wildman–Crippen LogP) is 3.49. The lowest BCUT2D eigenvalue weighted by atomic mass is 9.93. The summed E-state index contributed by atoms with van der Waals surface area (Å²) < 4.78 is 11.4. The Labute approximate surface area is 155 Å². The maximum absolute atomic E-state index is 11.7. The topological polar surface area (TPSA) is 42.0 Å². The summed E-state index contributed by atoms with van der Waals surface area (Å²) in [5, 5.41) is 0. The van der Waals surface area contributed by atoms with Crippen molar-refractivity contribution < 1.29 is 14.3 Å². The van der Waals surface area contributed by atoms with Crippen LogP contribution in [0.25, 0.3) is 0 Å². The molecule has 0 radical (unpaired) electrons. The molecule has 26 heavy (non-hydrogen) atoms. The first kappa shape index (κ1) is 18.4. The van der Waals surface area contributed by atoms with Gasteiger partial charge >= 0.3 is 6.09 Å². The number of hydrogen-bond acceptors (Lipinski definition) is 4. The SMILES string of the molecule is CN(C)C(=O)Oc1ccc2c(c1)CCN(C)C2COCc1ccccc1. The van der Waals surface area contributed by atoms with Gasteiger partial charge in [-0.3, -0.25) is 4.90 Å². The molecule has 0 aliphatic carbocycles. The number of amides is 1. The van der Waals surface area contributed by atoms with E-state index in [1.54, 1.807) is 14.1 Å². The molecule has 138 valence electrons. The van der Waals surface area contributed by atoms with Crippen LogP contribution in [-0.2, 0) is 17.8 Å². The number of carbonyl (C=O) groups excluding carboxylic acids is 1. The van der Waals surface area contributed by atoms with Crippen molar-refractivity contribution in [3.05, 3.63) is 65.2 Å². The van der Waals surface area contributed by atoms with Gasteiger partial charge in [-0.25, -0.2) is 4.79 Å². The summed E-state index contributed by atoms with van der Waals surface area (Å²) in [7, 11) is 5.48. The lowest BCUT2D eigenvalue weighted by molar-refractivity contribution is 0.0556. The zero-order valence-corrected chi connectivity index (χ0v) is 15.6. The van der Waals surface area contributed by atoms with Crippen LogP contribution in [0.15, 0.2) is 48.5 Å². The van der Waals surface area contributed by atoms with E-state index in [4.69, 9.17) is 9.47 Å². The number of rotatable bonds is 5. The average molecular weight is 354 g/mol. The lowest BCUT2D eigenvalue weighted by Gasteiger charge is -2.34. The van der Waals surface area contributed by atoms with Crippen molar-refractivity contribution in [3.63, 3.8) is 0 Å². The molecule has 1 unspecified atom stereocenters. The summed E-state index contributed by atoms with van der Waals surface area (Å²) in [6, 6.07) is 16.3. The molecule has 5 heteroatoms. The quantitative estimate of drug-likeness (QED) is 0.824. The van der Waals surface area contributed by atoms with Crippen LogP contribution in [-0.4, -0.2) is 50.2 Å². The Kier molecular flexibility index (Phi) is 5.91. The molecule has 0 aromatic heterocycles. The van der Waals surface area contributed by atoms with Crippen molar-refractivity contribution in [1.82, 2.24) is 9.80 Å². The first-order valence-electron chi connectivity index (χ1n) is 8.88. The minimum atomic E-state index is -0.361. The standard InChI is InChI=1S/C21H26N2O3/c1-22(2)21(24)26-18-9-10-19-17(13-18)11-12-23(3)20(19)15-25-14-16-7-5-4-6-8-16/h4-10,13,20H,11-12,14-15H2,1-3H3. The molecule has 0 saturated carbocycles. The summed E-state index contributed by atoms with van der Waals surface area (Å²) in [4.78, 5) is 15.5. The molecule has 0 bridgehead atoms. The minimum absolute atomic E-state index is 0.209. The van der Waals surface area contributed by atoms with Gasteiger partial charge in [-0.05, 0) is 42.3 Å². The number of hydrogen-bond donors (Lipinski definition) is 0. The van der Waals surface area contributed by atoms with Gasteiger partial charge in [-0.15, -0.1) is 0 Å². The molecule has 1 amide bonds. The van der Waals surface area contributed by atoms with Gasteiger partial charge in [0.05, 0.1) is 19.3 Å². The highest BCUT2D eigenvalue weighted by molar-refractivity contribution is 5.70. The molecule has 1 atom stereocenters. The number of nitrogens with zero attached hydrogens (tertiary/aromatic N) is 2. The third-order valence-corrected chi connectivity index (χ3v) is 4.70. The van der Waals surface area contributed by atoms with Crippen molar-refractivity contribution in [2.75, 3.05) is 34.3 Å². The summed E-state index contributed by atoms with van der Waals surface area (Å²) in [6.45, 7) is 2.20. The summed E-state index contributed by atoms with van der Waals surface area (Å²) >= 11 is 0. The van der Waals surface area contributed by atoms with E-state index in [2.05, 4.69) is 30.1 Å². The highest BCUT2D eigenvalue weighted by Crippen LogP contribution is 2.31. The van der Waals surface area contributed by atoms with E-state index >= 15 is 0 Å². The second-order valence-electron chi connectivity index (χ2n) is 6.87. The van der Waals surface area contributed by atoms with Crippen molar-refractivity contribution in [2.24, 2.45) is 0 Å². The van der Waals surface area contributed by atoms with E-state index in [0.29, 0.717) is 19.0 Å². The van der Waals surface area contributed by atoms with Crippen molar-refractivity contribution in [1.29, 1.82) is 0 Å². The van der Waals surface area contributed by atoms with Gasteiger partial charge in [-0.2, -0.15) is 0 Å². The van der Waals surface area contributed by atoms with Crippen molar-refractivity contribution >= 4 is 6.09 Å². The van der Waals surface area contributed by atoms with Crippen molar-refractivity contribution in [2.45, 2.75) is 19.1 Å². The van der Waals surface area contributed by atoms with Gasteiger partial charge in [0.1, 0.15) is 5.75 Å².